The molecule has 0 aliphatic heterocycles. The summed E-state index contributed by atoms with van der Waals surface area (Å²) in [5.41, 5.74) is 1.79. The highest BCUT2D eigenvalue weighted by molar-refractivity contribution is 7.80. The van der Waals surface area contributed by atoms with Crippen LogP contribution in [-0.2, 0) is 0 Å². The first-order valence-corrected chi connectivity index (χ1v) is 1.53. The smallest absolute Gasteiger partial charge is 0.0633 e. The lowest BCUT2D eigenvalue weighted by Gasteiger charge is -1.74. The number of hydrogen-bond donors (Lipinski definition) is 3. The van der Waals surface area contributed by atoms with E-state index in [1.165, 1.54) is 0 Å². The van der Waals surface area contributed by atoms with E-state index < -0.39 is 0 Å². The van der Waals surface area contributed by atoms with Crippen molar-refractivity contribution in [3.05, 3.63) is 0 Å². The zero-order valence-corrected chi connectivity index (χ0v) is 3.00. The molecule has 0 aromatic rings. The van der Waals surface area contributed by atoms with Crippen molar-refractivity contribution < 1.29 is 5.21 Å². The Morgan fingerprint density at radius 3 is 2.25 bits per heavy atom. The molecule has 0 fully saturated rings. The third-order valence-electron chi connectivity index (χ3n) is 0.0707. The Morgan fingerprint density at radius 1 is 2.00 bits per heavy atom. The molecule has 0 atom stereocenters. The molecule has 0 aliphatic carbocycles. The highest BCUT2D eigenvalue weighted by atomic mass is 32.1. The van der Waals surface area contributed by atoms with Crippen LogP contribution in [0.4, 0.5) is 0 Å². The molecule has 2 nitrogen and oxygen atoms in total. The zero-order chi connectivity index (χ0) is 3.41. The fraction of sp³-hybridized carbons (Fsp3) is 1.00. The van der Waals surface area contributed by atoms with Gasteiger partial charge in [0.05, 0.1) is 5.88 Å². The molecule has 0 spiro atoms. The van der Waals surface area contributed by atoms with Crippen LogP contribution in [0.15, 0.2) is 0 Å². The van der Waals surface area contributed by atoms with Gasteiger partial charge in [0.25, 0.3) is 0 Å². The van der Waals surface area contributed by atoms with Gasteiger partial charge in [0, 0.05) is 0 Å². The van der Waals surface area contributed by atoms with Gasteiger partial charge in [0.1, 0.15) is 0 Å². The lowest BCUT2D eigenvalue weighted by Crippen LogP contribution is -2.00. The molecule has 0 saturated carbocycles. The summed E-state index contributed by atoms with van der Waals surface area (Å²) >= 11 is 3.56. The highest BCUT2D eigenvalue weighted by Crippen LogP contribution is 1.53. The zero-order valence-electron chi connectivity index (χ0n) is 2.10. The molecule has 0 amide bonds. The Labute approximate surface area is 30.2 Å². The number of nitrogens with one attached hydrogen (secondary N) is 1. The molecule has 0 bridgehead atoms. The third kappa shape index (κ3) is 2.27. The van der Waals surface area contributed by atoms with E-state index in [0.29, 0.717) is 5.88 Å². The highest BCUT2D eigenvalue weighted by Gasteiger charge is 1.52. The summed E-state index contributed by atoms with van der Waals surface area (Å²) in [4.78, 5) is 0. The fourth-order valence-corrected chi connectivity index (χ4v) is 0. The first-order chi connectivity index (χ1) is 1.91. The van der Waals surface area contributed by atoms with Gasteiger partial charge in [0.15, 0.2) is 0 Å². The molecule has 0 rings (SSSR count). The number of hydrogen-bond acceptors (Lipinski definition) is 3. The molecule has 0 aromatic carbocycles. The first-order valence-electron chi connectivity index (χ1n) is 0.893. The van der Waals surface area contributed by atoms with Crippen LogP contribution in [-0.4, -0.2) is 11.1 Å². The van der Waals surface area contributed by atoms with Gasteiger partial charge < -0.3 is 5.21 Å². The Hall–Kier alpha value is 0.270. The maximum Gasteiger partial charge on any atom is 0.0633 e. The fourth-order valence-electron chi connectivity index (χ4n) is 0. The molecular formula is CH5NOS. The van der Waals surface area contributed by atoms with Crippen LogP contribution in [0.5, 0.6) is 0 Å². The molecule has 0 aliphatic rings. The minimum atomic E-state index is 0.319. The Kier molecular flexibility index (Phi) is 3.49. The lowest BCUT2D eigenvalue weighted by atomic mass is 11.5. The van der Waals surface area contributed by atoms with E-state index in [9.17, 15) is 0 Å². The molecule has 2 N–H and O–H groups in total. The second-order valence-electron chi connectivity index (χ2n) is 0.316. The van der Waals surface area contributed by atoms with Gasteiger partial charge in [0.2, 0.25) is 0 Å². The summed E-state index contributed by atoms with van der Waals surface area (Å²) in [7, 11) is 0. The van der Waals surface area contributed by atoms with Crippen molar-refractivity contribution in [1.82, 2.24) is 5.48 Å². The number of rotatable bonds is 1. The van der Waals surface area contributed by atoms with Crippen LogP contribution < -0.4 is 5.48 Å². The van der Waals surface area contributed by atoms with Gasteiger partial charge >= 0.3 is 0 Å². The summed E-state index contributed by atoms with van der Waals surface area (Å²) in [5, 5.41) is 7.55. The van der Waals surface area contributed by atoms with E-state index in [4.69, 9.17) is 5.21 Å². The van der Waals surface area contributed by atoms with Crippen LogP contribution in [0, 0.1) is 0 Å². The van der Waals surface area contributed by atoms with Gasteiger partial charge in [-0.3, -0.25) is 0 Å². The predicted octanol–water partition coefficient (Wildman–Crippen LogP) is -0.147. The van der Waals surface area contributed by atoms with E-state index in [-0.39, 0.29) is 0 Å². The van der Waals surface area contributed by atoms with Crippen molar-refractivity contribution in [3.63, 3.8) is 0 Å². The molecule has 0 heterocycles. The molecule has 0 unspecified atom stereocenters. The molecule has 0 aromatic heterocycles. The quantitative estimate of drug-likeness (QED) is 0.232. The minimum absolute atomic E-state index is 0.319. The van der Waals surface area contributed by atoms with E-state index in [1.807, 2.05) is 0 Å². The van der Waals surface area contributed by atoms with E-state index >= 15 is 0 Å². The predicted molar refractivity (Wildman–Crippen MR) is 18.8 cm³/mol. The number of thiol groups is 1. The van der Waals surface area contributed by atoms with Gasteiger partial charge in [-0.2, -0.15) is 18.1 Å². The summed E-state index contributed by atoms with van der Waals surface area (Å²) in [6, 6.07) is 0. The van der Waals surface area contributed by atoms with Crippen molar-refractivity contribution in [2.75, 3.05) is 5.88 Å². The summed E-state index contributed by atoms with van der Waals surface area (Å²) in [6.45, 7) is 0. The maximum absolute atomic E-state index is 7.55. The number of hydroxylamine groups is 1. The van der Waals surface area contributed by atoms with Crippen LogP contribution in [0.1, 0.15) is 0 Å². The molecule has 0 saturated heterocycles. The second kappa shape index (κ2) is 3.27. The van der Waals surface area contributed by atoms with Crippen LogP contribution in [0.2, 0.25) is 0 Å². The molecule has 26 valence electrons. The van der Waals surface area contributed by atoms with Crippen LogP contribution in [0.3, 0.4) is 0 Å². The van der Waals surface area contributed by atoms with Gasteiger partial charge in [-0.25, -0.2) is 0 Å². The summed E-state index contributed by atoms with van der Waals surface area (Å²) in [5.74, 6) is 0.319. The standard InChI is InChI=1S/CH5NOS/c3-2-1-4/h2-4H,1H2. The van der Waals surface area contributed by atoms with E-state index in [0.717, 1.165) is 0 Å². The van der Waals surface area contributed by atoms with Crippen molar-refractivity contribution >= 4 is 12.6 Å². The van der Waals surface area contributed by atoms with Crippen LogP contribution >= 0.6 is 12.6 Å². The van der Waals surface area contributed by atoms with Gasteiger partial charge in [-0.15, -0.1) is 0 Å². The molecule has 4 heavy (non-hydrogen) atoms. The van der Waals surface area contributed by atoms with E-state index in [1.54, 1.807) is 5.48 Å². The maximum atomic E-state index is 7.55. The Balaban J connectivity index is 1.97. The Bertz CT molecular complexity index is 10.0. The third-order valence-corrected chi connectivity index (χ3v) is 0.212. The van der Waals surface area contributed by atoms with Crippen LogP contribution in [0.25, 0.3) is 0 Å². The van der Waals surface area contributed by atoms with E-state index in [2.05, 4.69) is 12.6 Å². The monoisotopic (exact) mass is 79.0 g/mol. The average Bonchev–Trinajstić information content (AvgIpc) is 1.37. The minimum Gasteiger partial charge on any atom is -0.316 e. The average molecular weight is 79.1 g/mol. The van der Waals surface area contributed by atoms with Crippen molar-refractivity contribution in [2.45, 2.75) is 0 Å². The normalized spacial score (nSPS) is 7.50. The second-order valence-corrected chi connectivity index (χ2v) is 0.632. The first kappa shape index (κ1) is 4.27. The SMILES string of the molecule is ONCS. The van der Waals surface area contributed by atoms with Gasteiger partial charge in [-0.1, -0.05) is 0 Å². The lowest BCUT2D eigenvalue weighted by molar-refractivity contribution is 0.189. The molecule has 0 radical (unpaired) electrons. The van der Waals surface area contributed by atoms with Gasteiger partial charge in [-0.05, 0) is 0 Å². The summed E-state index contributed by atoms with van der Waals surface area (Å²) < 4.78 is 0. The Morgan fingerprint density at radius 2 is 2.25 bits per heavy atom. The van der Waals surface area contributed by atoms with Crippen molar-refractivity contribution in [1.29, 1.82) is 0 Å². The van der Waals surface area contributed by atoms with Crippen molar-refractivity contribution in [3.8, 4) is 0 Å². The largest absolute Gasteiger partial charge is 0.316 e. The van der Waals surface area contributed by atoms with Crippen molar-refractivity contribution in [2.24, 2.45) is 0 Å². The molecular weight excluding hydrogens is 74.1 g/mol. The summed E-state index contributed by atoms with van der Waals surface area (Å²) in [6.07, 6.45) is 0. The topological polar surface area (TPSA) is 32.3 Å². The molecule has 3 heteroatoms.